The van der Waals surface area contributed by atoms with Gasteiger partial charge in [0.1, 0.15) is 24.5 Å². The van der Waals surface area contributed by atoms with Gasteiger partial charge in [-0.05, 0) is 22.8 Å². The lowest BCUT2D eigenvalue weighted by Gasteiger charge is -2.20. The molecule has 0 aromatic heterocycles. The quantitative estimate of drug-likeness (QED) is 0.572. The van der Waals surface area contributed by atoms with Crippen LogP contribution in [0.25, 0.3) is 0 Å². The highest BCUT2D eigenvalue weighted by Gasteiger charge is 2.26. The molecule has 2 amide bonds. The van der Waals surface area contributed by atoms with E-state index in [1.54, 1.807) is 0 Å². The fraction of sp³-hybridized carbons (Fsp3) is 0.231. The van der Waals surface area contributed by atoms with Gasteiger partial charge in [-0.25, -0.2) is 4.79 Å². The lowest BCUT2D eigenvalue weighted by atomic mass is 10.1. The molecule has 2 unspecified atom stereocenters. The van der Waals surface area contributed by atoms with Crippen molar-refractivity contribution in [3.8, 4) is 5.75 Å². The lowest BCUT2D eigenvalue weighted by molar-refractivity contribution is -0.123. The van der Waals surface area contributed by atoms with E-state index in [4.69, 9.17) is 9.47 Å². The van der Waals surface area contributed by atoms with Crippen LogP contribution in [-0.4, -0.2) is 30.7 Å². The first-order valence-corrected chi connectivity index (χ1v) is 10.7. The number of ether oxygens (including phenoxy) is 2. The van der Waals surface area contributed by atoms with Crippen molar-refractivity contribution < 1.29 is 19.1 Å². The van der Waals surface area contributed by atoms with Crippen LogP contribution in [0.15, 0.2) is 84.9 Å². The first-order chi connectivity index (χ1) is 15.7. The predicted octanol–water partition coefficient (Wildman–Crippen LogP) is 3.64. The van der Waals surface area contributed by atoms with Gasteiger partial charge in [-0.3, -0.25) is 4.79 Å². The first-order valence-electron chi connectivity index (χ1n) is 10.7. The van der Waals surface area contributed by atoms with Crippen molar-refractivity contribution in [1.82, 2.24) is 10.6 Å². The van der Waals surface area contributed by atoms with Crippen molar-refractivity contribution in [3.05, 3.63) is 102 Å². The van der Waals surface area contributed by atoms with Crippen LogP contribution < -0.4 is 15.4 Å². The van der Waals surface area contributed by atoms with E-state index in [1.807, 2.05) is 84.9 Å². The Balaban J connectivity index is 1.34. The summed E-state index contributed by atoms with van der Waals surface area (Å²) in [6.07, 6.45) is 0.346. The van der Waals surface area contributed by atoms with E-state index in [0.717, 1.165) is 28.9 Å². The largest absolute Gasteiger partial charge is 0.488 e. The highest BCUT2D eigenvalue weighted by atomic mass is 16.5. The Hall–Kier alpha value is -3.80. The van der Waals surface area contributed by atoms with Crippen molar-refractivity contribution in [3.63, 3.8) is 0 Å². The van der Waals surface area contributed by atoms with Crippen LogP contribution in [0.3, 0.4) is 0 Å². The topological polar surface area (TPSA) is 76.7 Å². The van der Waals surface area contributed by atoms with E-state index in [0.29, 0.717) is 13.0 Å². The Kier molecular flexibility index (Phi) is 7.02. The summed E-state index contributed by atoms with van der Waals surface area (Å²) >= 11 is 0. The number of fused-ring (bicyclic) bond motifs is 1. The van der Waals surface area contributed by atoms with Gasteiger partial charge in [0.15, 0.2) is 0 Å². The maximum absolute atomic E-state index is 13.0. The SMILES string of the molecule is O=C(NC(Cc1ccccc1)C(=O)NCC1Cc2ccccc2O1)OCc1ccccc1. The molecule has 0 radical (unpaired) electrons. The third-order valence-electron chi connectivity index (χ3n) is 5.32. The number of rotatable bonds is 8. The Bertz CT molecular complexity index is 1010. The minimum absolute atomic E-state index is 0.126. The summed E-state index contributed by atoms with van der Waals surface area (Å²) in [6.45, 7) is 0.500. The Morgan fingerprint density at radius 1 is 0.906 bits per heavy atom. The number of carbonyl (C=O) groups is 2. The Morgan fingerprint density at radius 3 is 2.28 bits per heavy atom. The number of hydrogen-bond donors (Lipinski definition) is 2. The summed E-state index contributed by atoms with van der Waals surface area (Å²) in [5.74, 6) is 0.584. The average molecular weight is 431 g/mol. The molecule has 0 bridgehead atoms. The molecule has 1 aliphatic rings. The zero-order valence-corrected chi connectivity index (χ0v) is 17.7. The van der Waals surface area contributed by atoms with E-state index in [1.165, 1.54) is 0 Å². The maximum atomic E-state index is 13.0. The third-order valence-corrected chi connectivity index (χ3v) is 5.32. The molecule has 0 saturated heterocycles. The average Bonchev–Trinajstić information content (AvgIpc) is 3.25. The molecule has 2 N–H and O–H groups in total. The van der Waals surface area contributed by atoms with Gasteiger partial charge in [0.05, 0.1) is 6.54 Å². The molecule has 6 heteroatoms. The van der Waals surface area contributed by atoms with Crippen molar-refractivity contribution in [2.24, 2.45) is 0 Å². The second-order valence-corrected chi connectivity index (χ2v) is 7.75. The zero-order chi connectivity index (χ0) is 22.2. The molecule has 6 nitrogen and oxygen atoms in total. The number of carbonyl (C=O) groups excluding carboxylic acids is 2. The summed E-state index contributed by atoms with van der Waals surface area (Å²) in [4.78, 5) is 25.3. The Labute approximate surface area is 187 Å². The minimum Gasteiger partial charge on any atom is -0.488 e. The number of para-hydroxylation sites is 1. The molecule has 0 spiro atoms. The molecule has 3 aromatic carbocycles. The van der Waals surface area contributed by atoms with Gasteiger partial charge in [0, 0.05) is 12.8 Å². The number of hydrogen-bond acceptors (Lipinski definition) is 4. The number of amides is 2. The van der Waals surface area contributed by atoms with Gasteiger partial charge < -0.3 is 20.1 Å². The Morgan fingerprint density at radius 2 is 1.56 bits per heavy atom. The van der Waals surface area contributed by atoms with Crippen LogP contribution >= 0.6 is 0 Å². The molecule has 3 aromatic rings. The van der Waals surface area contributed by atoms with Crippen LogP contribution in [0.2, 0.25) is 0 Å². The van der Waals surface area contributed by atoms with Crippen LogP contribution in [-0.2, 0) is 29.0 Å². The third kappa shape index (κ3) is 5.88. The molecular formula is C26H26N2O4. The summed E-state index contributed by atoms with van der Waals surface area (Å²) in [7, 11) is 0. The molecule has 2 atom stereocenters. The van der Waals surface area contributed by atoms with E-state index in [9.17, 15) is 9.59 Å². The van der Waals surface area contributed by atoms with Crippen molar-refractivity contribution in [2.75, 3.05) is 6.54 Å². The van der Waals surface area contributed by atoms with Crippen molar-refractivity contribution >= 4 is 12.0 Å². The molecule has 4 rings (SSSR count). The fourth-order valence-electron chi connectivity index (χ4n) is 3.67. The van der Waals surface area contributed by atoms with E-state index in [2.05, 4.69) is 10.6 Å². The summed E-state index contributed by atoms with van der Waals surface area (Å²) in [5, 5.41) is 5.64. The lowest BCUT2D eigenvalue weighted by Crippen LogP contribution is -2.50. The monoisotopic (exact) mass is 430 g/mol. The molecule has 164 valence electrons. The van der Waals surface area contributed by atoms with Crippen LogP contribution in [0.4, 0.5) is 4.79 Å². The summed E-state index contributed by atoms with van der Waals surface area (Å²) in [6, 6.07) is 26.1. The molecule has 1 aliphatic heterocycles. The van der Waals surface area contributed by atoms with Gasteiger partial charge in [0.2, 0.25) is 5.91 Å². The first kappa shape index (κ1) is 21.4. The fourth-order valence-corrected chi connectivity index (χ4v) is 3.67. The van der Waals surface area contributed by atoms with Gasteiger partial charge in [0.25, 0.3) is 0 Å². The standard InChI is InChI=1S/C26H26N2O4/c29-25(27-17-22-16-21-13-7-8-14-24(21)32-22)23(15-19-9-3-1-4-10-19)28-26(30)31-18-20-11-5-2-6-12-20/h1-14,22-23H,15-18H2,(H,27,29)(H,28,30). The summed E-state index contributed by atoms with van der Waals surface area (Å²) < 4.78 is 11.2. The molecule has 0 saturated carbocycles. The molecular weight excluding hydrogens is 404 g/mol. The van der Waals surface area contributed by atoms with E-state index >= 15 is 0 Å². The molecule has 1 heterocycles. The van der Waals surface area contributed by atoms with Gasteiger partial charge in [-0.15, -0.1) is 0 Å². The molecule has 0 fully saturated rings. The number of benzene rings is 3. The molecule has 32 heavy (non-hydrogen) atoms. The van der Waals surface area contributed by atoms with Gasteiger partial charge >= 0.3 is 6.09 Å². The van der Waals surface area contributed by atoms with E-state index in [-0.39, 0.29) is 18.6 Å². The van der Waals surface area contributed by atoms with Crippen molar-refractivity contribution in [1.29, 1.82) is 0 Å². The minimum atomic E-state index is -0.760. The predicted molar refractivity (Wildman–Crippen MR) is 121 cm³/mol. The maximum Gasteiger partial charge on any atom is 0.408 e. The van der Waals surface area contributed by atoms with E-state index < -0.39 is 12.1 Å². The van der Waals surface area contributed by atoms with Crippen LogP contribution in [0.1, 0.15) is 16.7 Å². The van der Waals surface area contributed by atoms with Crippen molar-refractivity contribution in [2.45, 2.75) is 31.6 Å². The second-order valence-electron chi connectivity index (χ2n) is 7.75. The molecule has 0 aliphatic carbocycles. The van der Waals surface area contributed by atoms with Crippen LogP contribution in [0.5, 0.6) is 5.75 Å². The van der Waals surface area contributed by atoms with Gasteiger partial charge in [-0.2, -0.15) is 0 Å². The number of alkyl carbamates (subject to hydrolysis) is 1. The smallest absolute Gasteiger partial charge is 0.408 e. The van der Waals surface area contributed by atoms with Crippen LogP contribution in [0, 0.1) is 0 Å². The second kappa shape index (κ2) is 10.5. The van der Waals surface area contributed by atoms with Gasteiger partial charge in [-0.1, -0.05) is 78.9 Å². The zero-order valence-electron chi connectivity index (χ0n) is 17.7. The summed E-state index contributed by atoms with van der Waals surface area (Å²) in [5.41, 5.74) is 2.96. The highest BCUT2D eigenvalue weighted by Crippen LogP contribution is 2.27. The highest BCUT2D eigenvalue weighted by molar-refractivity contribution is 5.86. The normalized spacial score (nSPS) is 15.2. The number of nitrogens with one attached hydrogen (secondary N) is 2.